The van der Waals surface area contributed by atoms with Crippen molar-refractivity contribution in [3.63, 3.8) is 0 Å². The van der Waals surface area contributed by atoms with Gasteiger partial charge < -0.3 is 5.73 Å². The van der Waals surface area contributed by atoms with Gasteiger partial charge in [0.25, 0.3) is 0 Å². The number of aromatic nitrogens is 3. The fourth-order valence-corrected chi connectivity index (χ4v) is 1.44. The van der Waals surface area contributed by atoms with Gasteiger partial charge in [-0.3, -0.25) is 15.0 Å². The quantitative estimate of drug-likeness (QED) is 0.839. The normalized spacial score (nSPS) is 12.4. The molecule has 0 aromatic carbocycles. The average molecular weight is 214 g/mol. The van der Waals surface area contributed by atoms with Gasteiger partial charge >= 0.3 is 0 Å². The molecule has 0 aliphatic rings. The third-order valence-electron chi connectivity index (χ3n) is 2.34. The van der Waals surface area contributed by atoms with E-state index in [9.17, 15) is 0 Å². The van der Waals surface area contributed by atoms with Gasteiger partial charge in [0.1, 0.15) is 0 Å². The molecule has 0 aliphatic heterocycles. The Morgan fingerprint density at radius 2 is 2.06 bits per heavy atom. The number of hydrogen-bond acceptors (Lipinski definition) is 4. The van der Waals surface area contributed by atoms with Crippen LogP contribution in [0.3, 0.4) is 0 Å². The van der Waals surface area contributed by atoms with Crippen LogP contribution in [-0.4, -0.2) is 15.0 Å². The van der Waals surface area contributed by atoms with Crippen LogP contribution in [0.5, 0.6) is 0 Å². The van der Waals surface area contributed by atoms with Crippen LogP contribution in [-0.2, 0) is 6.42 Å². The van der Waals surface area contributed by atoms with Crippen molar-refractivity contribution in [3.05, 3.63) is 53.9 Å². The van der Waals surface area contributed by atoms with Gasteiger partial charge in [0.05, 0.1) is 23.6 Å². The van der Waals surface area contributed by atoms with Gasteiger partial charge in [0.2, 0.25) is 0 Å². The largest absolute Gasteiger partial charge is 0.322 e. The molecule has 2 N–H and O–H groups in total. The summed E-state index contributed by atoms with van der Waals surface area (Å²) in [5.74, 6) is 0. The molecule has 2 heterocycles. The van der Waals surface area contributed by atoms with Gasteiger partial charge in [-0.2, -0.15) is 0 Å². The molecule has 2 rings (SSSR count). The maximum absolute atomic E-state index is 6.03. The third kappa shape index (κ3) is 2.61. The molecule has 0 saturated carbocycles. The van der Waals surface area contributed by atoms with Crippen LogP contribution >= 0.6 is 0 Å². The molecule has 0 radical (unpaired) electrons. The summed E-state index contributed by atoms with van der Waals surface area (Å²) in [5.41, 5.74) is 8.70. The van der Waals surface area contributed by atoms with Crippen LogP contribution in [0, 0.1) is 6.92 Å². The Balaban J connectivity index is 2.09. The molecule has 1 unspecified atom stereocenters. The lowest BCUT2D eigenvalue weighted by Crippen LogP contribution is -2.16. The van der Waals surface area contributed by atoms with Crippen LogP contribution in [0.4, 0.5) is 0 Å². The highest BCUT2D eigenvalue weighted by atomic mass is 14.8. The summed E-state index contributed by atoms with van der Waals surface area (Å²) < 4.78 is 0. The lowest BCUT2D eigenvalue weighted by atomic mass is 10.1. The highest BCUT2D eigenvalue weighted by Crippen LogP contribution is 2.11. The Labute approximate surface area is 94.6 Å². The van der Waals surface area contributed by atoms with Gasteiger partial charge in [0.15, 0.2) is 0 Å². The van der Waals surface area contributed by atoms with E-state index in [1.165, 1.54) is 0 Å². The number of nitrogens with zero attached hydrogens (tertiary/aromatic N) is 3. The molecule has 0 bridgehead atoms. The number of aryl methyl sites for hydroxylation is 1. The monoisotopic (exact) mass is 214 g/mol. The highest BCUT2D eigenvalue weighted by Gasteiger charge is 2.09. The van der Waals surface area contributed by atoms with E-state index in [4.69, 9.17) is 5.73 Å². The van der Waals surface area contributed by atoms with Gasteiger partial charge in [-0.05, 0) is 19.1 Å². The zero-order valence-corrected chi connectivity index (χ0v) is 9.17. The lowest BCUT2D eigenvalue weighted by molar-refractivity contribution is 0.677. The van der Waals surface area contributed by atoms with Crippen LogP contribution < -0.4 is 5.73 Å². The zero-order valence-electron chi connectivity index (χ0n) is 9.17. The second-order valence-corrected chi connectivity index (χ2v) is 3.71. The molecule has 16 heavy (non-hydrogen) atoms. The summed E-state index contributed by atoms with van der Waals surface area (Å²) in [6.07, 6.45) is 5.90. The summed E-state index contributed by atoms with van der Waals surface area (Å²) in [7, 11) is 0. The van der Waals surface area contributed by atoms with E-state index in [1.54, 1.807) is 18.6 Å². The Morgan fingerprint density at radius 1 is 1.19 bits per heavy atom. The first-order chi connectivity index (χ1) is 7.75. The van der Waals surface area contributed by atoms with Crippen LogP contribution in [0.2, 0.25) is 0 Å². The molecule has 4 heteroatoms. The van der Waals surface area contributed by atoms with Gasteiger partial charge in [-0.1, -0.05) is 6.07 Å². The van der Waals surface area contributed by atoms with Crippen molar-refractivity contribution < 1.29 is 0 Å². The molecule has 2 aromatic heterocycles. The first-order valence-electron chi connectivity index (χ1n) is 5.20. The van der Waals surface area contributed by atoms with E-state index in [2.05, 4.69) is 15.0 Å². The highest BCUT2D eigenvalue weighted by molar-refractivity contribution is 5.11. The van der Waals surface area contributed by atoms with Crippen LogP contribution in [0.1, 0.15) is 23.1 Å². The summed E-state index contributed by atoms with van der Waals surface area (Å²) in [4.78, 5) is 12.7. The molecule has 4 nitrogen and oxygen atoms in total. The number of nitrogens with two attached hydrogens (primary N) is 1. The number of pyridine rings is 1. The number of hydrogen-bond donors (Lipinski definition) is 1. The lowest BCUT2D eigenvalue weighted by Gasteiger charge is -2.09. The molecular formula is C12H14N4. The van der Waals surface area contributed by atoms with E-state index >= 15 is 0 Å². The van der Waals surface area contributed by atoms with Crippen molar-refractivity contribution >= 4 is 0 Å². The second kappa shape index (κ2) is 4.81. The standard InChI is InChI=1S/C12H14N4/c1-9-7-16-12(8-15-9)11(13)6-10-4-2-3-5-14-10/h2-5,7-8,11H,6,13H2,1H3. The average Bonchev–Trinajstić information content (AvgIpc) is 2.31. The Kier molecular flexibility index (Phi) is 3.22. The maximum atomic E-state index is 6.03. The van der Waals surface area contributed by atoms with Crippen molar-refractivity contribution in [1.29, 1.82) is 0 Å². The molecule has 0 spiro atoms. The summed E-state index contributed by atoms with van der Waals surface area (Å²) in [6.45, 7) is 1.90. The van der Waals surface area contributed by atoms with Crippen LogP contribution in [0.25, 0.3) is 0 Å². The predicted molar refractivity (Wildman–Crippen MR) is 61.6 cm³/mol. The molecular weight excluding hydrogens is 200 g/mol. The van der Waals surface area contributed by atoms with E-state index < -0.39 is 0 Å². The summed E-state index contributed by atoms with van der Waals surface area (Å²) in [6, 6.07) is 5.65. The van der Waals surface area contributed by atoms with Gasteiger partial charge in [-0.25, -0.2) is 0 Å². The zero-order chi connectivity index (χ0) is 11.4. The molecule has 1 atom stereocenters. The van der Waals surface area contributed by atoms with E-state index in [-0.39, 0.29) is 6.04 Å². The van der Waals surface area contributed by atoms with Crippen molar-refractivity contribution in [2.45, 2.75) is 19.4 Å². The fraction of sp³-hybridized carbons (Fsp3) is 0.250. The molecule has 2 aromatic rings. The second-order valence-electron chi connectivity index (χ2n) is 3.71. The first-order valence-corrected chi connectivity index (χ1v) is 5.20. The van der Waals surface area contributed by atoms with Gasteiger partial charge in [0, 0.05) is 24.5 Å². The Hall–Kier alpha value is -1.81. The fourth-order valence-electron chi connectivity index (χ4n) is 1.44. The third-order valence-corrected chi connectivity index (χ3v) is 2.34. The van der Waals surface area contributed by atoms with Crippen molar-refractivity contribution in [2.24, 2.45) is 5.73 Å². The van der Waals surface area contributed by atoms with Crippen molar-refractivity contribution in [2.75, 3.05) is 0 Å². The molecule has 0 fully saturated rings. The maximum Gasteiger partial charge on any atom is 0.0758 e. The molecule has 82 valence electrons. The van der Waals surface area contributed by atoms with Crippen molar-refractivity contribution in [3.8, 4) is 0 Å². The molecule has 0 aliphatic carbocycles. The van der Waals surface area contributed by atoms with E-state index in [0.29, 0.717) is 6.42 Å². The summed E-state index contributed by atoms with van der Waals surface area (Å²) in [5, 5.41) is 0. The van der Waals surface area contributed by atoms with E-state index in [0.717, 1.165) is 17.1 Å². The smallest absolute Gasteiger partial charge is 0.0758 e. The first kappa shape index (κ1) is 10.7. The number of rotatable bonds is 3. The Bertz CT molecular complexity index is 438. The van der Waals surface area contributed by atoms with Crippen LogP contribution in [0.15, 0.2) is 36.8 Å². The molecule has 0 saturated heterocycles. The summed E-state index contributed by atoms with van der Waals surface area (Å²) >= 11 is 0. The molecule has 0 amide bonds. The Morgan fingerprint density at radius 3 is 2.69 bits per heavy atom. The van der Waals surface area contributed by atoms with E-state index in [1.807, 2.05) is 25.1 Å². The van der Waals surface area contributed by atoms with Gasteiger partial charge in [-0.15, -0.1) is 0 Å². The minimum Gasteiger partial charge on any atom is -0.322 e. The topological polar surface area (TPSA) is 64.7 Å². The minimum atomic E-state index is -0.150. The van der Waals surface area contributed by atoms with Crippen molar-refractivity contribution in [1.82, 2.24) is 15.0 Å². The predicted octanol–water partition coefficient (Wildman–Crippen LogP) is 1.42. The SMILES string of the molecule is Cc1cnc(C(N)Cc2ccccn2)cn1. The minimum absolute atomic E-state index is 0.150.